The van der Waals surface area contributed by atoms with Crippen molar-refractivity contribution in [2.45, 2.75) is 35.7 Å². The van der Waals surface area contributed by atoms with Crippen LogP contribution in [0.2, 0.25) is 0 Å². The Morgan fingerprint density at radius 3 is 2.23 bits per heavy atom. The van der Waals surface area contributed by atoms with Gasteiger partial charge >= 0.3 is 233 Å². The number of ether oxygens (including phenoxy) is 6. The first-order valence-corrected chi connectivity index (χ1v) is 14.2. The van der Waals surface area contributed by atoms with E-state index < -0.39 is 47.8 Å². The van der Waals surface area contributed by atoms with Gasteiger partial charge in [0.2, 0.25) is 0 Å². The first-order valence-electron chi connectivity index (χ1n) is 12.3. The minimum atomic E-state index is -1.03. The maximum absolute atomic E-state index is 13.3. The third-order valence-electron chi connectivity index (χ3n) is 6.11. The molecule has 0 N–H and O–H groups in total. The summed E-state index contributed by atoms with van der Waals surface area (Å²) < 4.78 is 36.6. The molecule has 0 saturated carbocycles. The Morgan fingerprint density at radius 1 is 0.872 bits per heavy atom. The number of esters is 1. The molecule has 0 radical (unpaired) electrons. The van der Waals surface area contributed by atoms with Crippen LogP contribution >= 0.6 is 0 Å². The molecule has 0 aliphatic carbocycles. The van der Waals surface area contributed by atoms with Gasteiger partial charge in [0.05, 0.1) is 0 Å². The van der Waals surface area contributed by atoms with Crippen LogP contribution in [0.1, 0.15) is 22.2 Å². The molecule has 2 aliphatic heterocycles. The van der Waals surface area contributed by atoms with E-state index in [2.05, 4.69) is 5.92 Å². The average Bonchev–Trinajstić information content (AvgIpc) is 2.99. The normalized spacial score (nSPS) is 25.9. The molecule has 2 heterocycles. The van der Waals surface area contributed by atoms with Gasteiger partial charge in [-0.15, -0.1) is 0 Å². The summed E-state index contributed by atoms with van der Waals surface area (Å²) in [6.07, 6.45) is 0.137. The molecule has 0 amide bonds. The molecule has 3 aromatic carbocycles. The van der Waals surface area contributed by atoms with Crippen LogP contribution in [0.4, 0.5) is 4.79 Å². The number of carbonyl (C=O) groups is 2. The SMILES string of the molecule is C#CCOC(=O)O[C@@H]1[C@@H](OC(=O)c2ccccc2)[C@@H]2OC(c3ccccc3)OC[C@H]2O[C@H]1[Se]c1ccccc1. The zero-order chi connectivity index (χ0) is 27.0. The molecule has 1 unspecified atom stereocenters. The molecule has 6 atom stereocenters. The van der Waals surface area contributed by atoms with Gasteiger partial charge in [0.25, 0.3) is 0 Å². The Balaban J connectivity index is 1.48. The molecule has 9 heteroatoms. The quantitative estimate of drug-likeness (QED) is 0.235. The van der Waals surface area contributed by atoms with E-state index in [9.17, 15) is 9.59 Å². The van der Waals surface area contributed by atoms with Crippen molar-refractivity contribution in [3.05, 3.63) is 102 Å². The summed E-state index contributed by atoms with van der Waals surface area (Å²) in [5, 5.41) is -0.631. The van der Waals surface area contributed by atoms with Crippen molar-refractivity contribution in [3.8, 4) is 12.3 Å². The molecule has 3 aromatic rings. The molecule has 8 nitrogen and oxygen atoms in total. The maximum atomic E-state index is 13.3. The van der Waals surface area contributed by atoms with Crippen LogP contribution in [0, 0.1) is 12.3 Å². The second-order valence-electron chi connectivity index (χ2n) is 8.71. The standard InChI is InChI=1S/C30H26O8Se/c1-2-18-33-30(32)38-26-25(36-27(31)20-12-6-3-7-13-20)24-23(35-29(26)39-22-16-10-5-11-17-22)19-34-28(37-24)21-14-8-4-9-15-21/h1,3-17,23-26,28-29H,18-19H2/t23-,24-,25+,26-,28?,29+/m1/s1. The molecule has 200 valence electrons. The van der Waals surface area contributed by atoms with Crippen molar-refractivity contribution in [2.75, 3.05) is 13.2 Å². The van der Waals surface area contributed by atoms with Crippen molar-refractivity contribution >= 4 is 31.5 Å². The van der Waals surface area contributed by atoms with E-state index in [0.717, 1.165) is 10.0 Å². The fraction of sp³-hybridized carbons (Fsp3) is 0.267. The van der Waals surface area contributed by atoms with E-state index in [1.54, 1.807) is 30.3 Å². The van der Waals surface area contributed by atoms with E-state index in [1.807, 2.05) is 60.7 Å². The molecular weight excluding hydrogens is 567 g/mol. The summed E-state index contributed by atoms with van der Waals surface area (Å²) in [7, 11) is 0. The van der Waals surface area contributed by atoms with Gasteiger partial charge in [0, 0.05) is 0 Å². The molecule has 0 bridgehead atoms. The number of carbonyl (C=O) groups excluding carboxylic acids is 2. The van der Waals surface area contributed by atoms with Crippen molar-refractivity contribution in [1.82, 2.24) is 0 Å². The first kappa shape index (κ1) is 26.9. The third kappa shape index (κ3) is 6.69. The van der Waals surface area contributed by atoms with Crippen LogP contribution in [0.15, 0.2) is 91.0 Å². The Bertz CT molecular complexity index is 1280. The summed E-state index contributed by atoms with van der Waals surface area (Å²) in [6, 6.07) is 27.7. The number of hydrogen-bond donors (Lipinski definition) is 0. The van der Waals surface area contributed by atoms with Crippen LogP contribution in [-0.2, 0) is 28.4 Å². The van der Waals surface area contributed by atoms with Crippen LogP contribution < -0.4 is 4.46 Å². The molecular formula is C30H26O8Se. The van der Waals surface area contributed by atoms with Gasteiger partial charge in [-0.05, 0) is 0 Å². The fourth-order valence-corrected chi connectivity index (χ4v) is 6.69. The van der Waals surface area contributed by atoms with Crippen LogP contribution in [0.25, 0.3) is 0 Å². The van der Waals surface area contributed by atoms with E-state index in [0.29, 0.717) is 5.56 Å². The predicted octanol–water partition coefficient (Wildman–Crippen LogP) is 3.24. The number of fused-ring (bicyclic) bond motifs is 1. The van der Waals surface area contributed by atoms with Crippen molar-refractivity contribution in [1.29, 1.82) is 0 Å². The summed E-state index contributed by atoms with van der Waals surface area (Å²) in [6.45, 7) is -0.0684. The van der Waals surface area contributed by atoms with Gasteiger partial charge in [0.15, 0.2) is 0 Å². The number of terminal acetylenes is 1. The number of rotatable bonds is 7. The van der Waals surface area contributed by atoms with E-state index in [-0.39, 0.29) is 28.2 Å². The molecule has 39 heavy (non-hydrogen) atoms. The second-order valence-corrected chi connectivity index (χ2v) is 11.2. The van der Waals surface area contributed by atoms with Gasteiger partial charge in [0.1, 0.15) is 0 Å². The molecule has 0 spiro atoms. The van der Waals surface area contributed by atoms with E-state index in [1.165, 1.54) is 0 Å². The molecule has 2 saturated heterocycles. The zero-order valence-electron chi connectivity index (χ0n) is 20.8. The molecule has 2 fully saturated rings. The molecule has 5 rings (SSSR count). The summed E-state index contributed by atoms with van der Waals surface area (Å²) in [4.78, 5) is 25.9. The molecule has 2 aliphatic rings. The van der Waals surface area contributed by atoms with Crippen molar-refractivity contribution in [3.63, 3.8) is 0 Å². The summed E-state index contributed by atoms with van der Waals surface area (Å²) >= 11 is -0.336. The van der Waals surface area contributed by atoms with Crippen LogP contribution in [0.3, 0.4) is 0 Å². The Labute approximate surface area is 232 Å². The monoisotopic (exact) mass is 594 g/mol. The van der Waals surface area contributed by atoms with Crippen molar-refractivity contribution < 1.29 is 38.0 Å². The number of benzene rings is 3. The fourth-order valence-electron chi connectivity index (χ4n) is 4.33. The topological polar surface area (TPSA) is 89.5 Å². The van der Waals surface area contributed by atoms with Gasteiger partial charge < -0.3 is 0 Å². The zero-order valence-corrected chi connectivity index (χ0v) is 22.5. The Morgan fingerprint density at radius 2 is 1.54 bits per heavy atom. The first-order chi connectivity index (χ1) is 19.1. The van der Waals surface area contributed by atoms with Crippen LogP contribution in [-0.4, -0.2) is 69.7 Å². The molecule has 0 aromatic heterocycles. The second kappa shape index (κ2) is 12.9. The minimum absolute atomic E-state index is 0.194. The Kier molecular flexibility index (Phi) is 8.94. The third-order valence-corrected chi connectivity index (χ3v) is 8.53. The van der Waals surface area contributed by atoms with E-state index in [4.69, 9.17) is 34.8 Å². The summed E-state index contributed by atoms with van der Waals surface area (Å²) in [5.74, 6) is 1.66. The van der Waals surface area contributed by atoms with Crippen molar-refractivity contribution in [2.24, 2.45) is 0 Å². The number of hydrogen-bond acceptors (Lipinski definition) is 8. The Hall–Kier alpha value is -3.64. The van der Waals surface area contributed by atoms with Gasteiger partial charge in [-0.3, -0.25) is 0 Å². The predicted molar refractivity (Wildman–Crippen MR) is 141 cm³/mol. The van der Waals surface area contributed by atoms with Gasteiger partial charge in [-0.25, -0.2) is 0 Å². The van der Waals surface area contributed by atoms with Crippen LogP contribution in [0.5, 0.6) is 0 Å². The average molecular weight is 593 g/mol. The van der Waals surface area contributed by atoms with E-state index >= 15 is 0 Å². The van der Waals surface area contributed by atoms with Gasteiger partial charge in [-0.2, -0.15) is 0 Å². The van der Waals surface area contributed by atoms with Gasteiger partial charge in [-0.1, -0.05) is 0 Å². The summed E-state index contributed by atoms with van der Waals surface area (Å²) in [5.41, 5.74) is 1.15.